The average molecular weight is 296 g/mol. The predicted octanol–water partition coefficient (Wildman–Crippen LogP) is 2.29. The molecule has 112 valence electrons. The lowest BCUT2D eigenvalue weighted by atomic mass is 10.1. The molecule has 2 N–H and O–H groups in total. The third kappa shape index (κ3) is 5.77. The van der Waals surface area contributed by atoms with Gasteiger partial charge in [-0.05, 0) is 11.8 Å². The minimum absolute atomic E-state index is 0.127. The first kappa shape index (κ1) is 16.8. The summed E-state index contributed by atoms with van der Waals surface area (Å²) in [6.45, 7) is 10.0. The summed E-state index contributed by atoms with van der Waals surface area (Å²) in [7, 11) is 0. The monoisotopic (exact) mass is 296 g/mol. The average Bonchev–Trinajstić information content (AvgIpc) is 2.35. The van der Waals surface area contributed by atoms with Crippen LogP contribution in [0.1, 0.15) is 27.7 Å². The second kappa shape index (κ2) is 8.09. The van der Waals surface area contributed by atoms with E-state index in [1.165, 1.54) is 11.8 Å². The first-order valence-corrected chi connectivity index (χ1v) is 7.85. The molecular weight excluding hydrogens is 272 g/mol. The van der Waals surface area contributed by atoms with Crippen LogP contribution in [0, 0.1) is 11.8 Å². The van der Waals surface area contributed by atoms with Gasteiger partial charge >= 0.3 is 0 Å². The van der Waals surface area contributed by atoms with E-state index < -0.39 is 0 Å². The van der Waals surface area contributed by atoms with E-state index in [0.29, 0.717) is 28.4 Å². The molecule has 0 bridgehead atoms. The van der Waals surface area contributed by atoms with Crippen molar-refractivity contribution in [2.24, 2.45) is 11.8 Å². The van der Waals surface area contributed by atoms with E-state index >= 15 is 0 Å². The number of nitrogens with zero attached hydrogens (tertiary/aromatic N) is 3. The minimum Gasteiger partial charge on any atom is -0.381 e. The van der Waals surface area contributed by atoms with Gasteiger partial charge in [-0.3, -0.25) is 4.79 Å². The van der Waals surface area contributed by atoms with Gasteiger partial charge in [0, 0.05) is 25.5 Å². The summed E-state index contributed by atoms with van der Waals surface area (Å²) < 4.78 is 0. The van der Waals surface area contributed by atoms with Crippen molar-refractivity contribution in [2.75, 3.05) is 24.6 Å². The molecule has 1 aromatic heterocycles. The molecule has 0 aliphatic rings. The molecule has 0 aliphatic heterocycles. The molecule has 1 aromatic rings. The second-order valence-electron chi connectivity index (χ2n) is 5.62. The van der Waals surface area contributed by atoms with Gasteiger partial charge in [0.25, 0.3) is 0 Å². The van der Waals surface area contributed by atoms with Crippen molar-refractivity contribution >= 4 is 23.5 Å². The van der Waals surface area contributed by atoms with Crippen molar-refractivity contribution in [3.8, 4) is 0 Å². The molecule has 5 nitrogen and oxygen atoms in total. The number of amides is 1. The van der Waals surface area contributed by atoms with Crippen molar-refractivity contribution in [3.63, 3.8) is 0 Å². The lowest BCUT2D eigenvalue weighted by Crippen LogP contribution is -2.38. The fourth-order valence-electron chi connectivity index (χ4n) is 1.83. The van der Waals surface area contributed by atoms with Crippen LogP contribution in [0.15, 0.2) is 17.4 Å². The zero-order valence-electron chi connectivity index (χ0n) is 12.7. The summed E-state index contributed by atoms with van der Waals surface area (Å²) >= 11 is 1.35. The number of nitrogen functional groups attached to an aromatic ring is 1. The Bertz CT molecular complexity index is 427. The Balaban J connectivity index is 2.59. The maximum atomic E-state index is 12.3. The Hall–Kier alpha value is -1.30. The fourth-order valence-corrected chi connectivity index (χ4v) is 2.61. The third-order valence-electron chi connectivity index (χ3n) is 2.55. The molecule has 0 unspecified atom stereocenters. The SMILES string of the molecule is CC(C)CN(CC(C)C)C(=O)CSc1nccnc1N. The van der Waals surface area contributed by atoms with E-state index in [-0.39, 0.29) is 5.91 Å². The summed E-state index contributed by atoms with van der Waals surface area (Å²) in [6.07, 6.45) is 3.13. The maximum absolute atomic E-state index is 12.3. The van der Waals surface area contributed by atoms with Gasteiger partial charge in [0.2, 0.25) is 5.91 Å². The van der Waals surface area contributed by atoms with Crippen LogP contribution in [-0.2, 0) is 4.79 Å². The lowest BCUT2D eigenvalue weighted by Gasteiger charge is -2.26. The number of aromatic nitrogens is 2. The Morgan fingerprint density at radius 2 is 1.75 bits per heavy atom. The molecule has 1 amide bonds. The highest BCUT2D eigenvalue weighted by atomic mass is 32.2. The highest BCUT2D eigenvalue weighted by Gasteiger charge is 2.17. The normalized spacial score (nSPS) is 11.1. The summed E-state index contributed by atoms with van der Waals surface area (Å²) in [6, 6.07) is 0. The Labute approximate surface area is 125 Å². The molecule has 0 aromatic carbocycles. The highest BCUT2D eigenvalue weighted by molar-refractivity contribution is 8.00. The molecular formula is C14H24N4OS. The molecule has 20 heavy (non-hydrogen) atoms. The predicted molar refractivity (Wildman–Crippen MR) is 83.4 cm³/mol. The molecule has 0 aliphatic carbocycles. The van der Waals surface area contributed by atoms with Crippen LogP contribution in [0.2, 0.25) is 0 Å². The van der Waals surface area contributed by atoms with Crippen LogP contribution < -0.4 is 5.73 Å². The van der Waals surface area contributed by atoms with Crippen LogP contribution >= 0.6 is 11.8 Å². The molecule has 0 atom stereocenters. The molecule has 1 heterocycles. The van der Waals surface area contributed by atoms with Gasteiger partial charge in [-0.15, -0.1) is 0 Å². The Morgan fingerprint density at radius 1 is 1.20 bits per heavy atom. The van der Waals surface area contributed by atoms with Gasteiger partial charge in [0.15, 0.2) is 5.82 Å². The zero-order valence-corrected chi connectivity index (χ0v) is 13.5. The number of carbonyl (C=O) groups is 1. The van der Waals surface area contributed by atoms with E-state index in [4.69, 9.17) is 5.73 Å². The highest BCUT2D eigenvalue weighted by Crippen LogP contribution is 2.20. The molecule has 6 heteroatoms. The number of nitrogens with two attached hydrogens (primary N) is 1. The Morgan fingerprint density at radius 3 is 2.25 bits per heavy atom. The van der Waals surface area contributed by atoms with Crippen molar-refractivity contribution in [3.05, 3.63) is 12.4 Å². The molecule has 0 saturated carbocycles. The lowest BCUT2D eigenvalue weighted by molar-refractivity contribution is -0.129. The van der Waals surface area contributed by atoms with Crippen molar-refractivity contribution < 1.29 is 4.79 Å². The number of carbonyl (C=O) groups excluding carboxylic acids is 1. The number of anilines is 1. The standard InChI is InChI=1S/C14H24N4OS/c1-10(2)7-18(8-11(3)4)12(19)9-20-14-13(15)16-5-6-17-14/h5-6,10-11H,7-9H2,1-4H3,(H2,15,16). The zero-order chi connectivity index (χ0) is 15.1. The smallest absolute Gasteiger partial charge is 0.233 e. The maximum Gasteiger partial charge on any atom is 0.233 e. The van der Waals surface area contributed by atoms with Gasteiger partial charge in [-0.2, -0.15) is 0 Å². The van der Waals surface area contributed by atoms with Crippen LogP contribution in [0.3, 0.4) is 0 Å². The van der Waals surface area contributed by atoms with Crippen molar-refractivity contribution in [1.82, 2.24) is 14.9 Å². The van der Waals surface area contributed by atoms with E-state index in [2.05, 4.69) is 37.7 Å². The number of thioether (sulfide) groups is 1. The Kier molecular flexibility index (Phi) is 6.78. The largest absolute Gasteiger partial charge is 0.381 e. The van der Waals surface area contributed by atoms with E-state index in [1.54, 1.807) is 12.4 Å². The second-order valence-corrected chi connectivity index (χ2v) is 6.59. The number of rotatable bonds is 7. The molecule has 1 rings (SSSR count). The third-order valence-corrected chi connectivity index (χ3v) is 3.53. The summed E-state index contributed by atoms with van der Waals surface area (Å²) in [5.41, 5.74) is 5.72. The minimum atomic E-state index is 0.127. The fraction of sp³-hybridized carbons (Fsp3) is 0.643. The molecule has 0 radical (unpaired) electrons. The van der Waals surface area contributed by atoms with Crippen molar-refractivity contribution in [1.29, 1.82) is 0 Å². The first-order valence-electron chi connectivity index (χ1n) is 6.87. The molecule has 0 saturated heterocycles. The van der Waals surface area contributed by atoms with E-state index in [1.807, 2.05) is 4.90 Å². The van der Waals surface area contributed by atoms with E-state index in [0.717, 1.165) is 13.1 Å². The van der Waals surface area contributed by atoms with Gasteiger partial charge in [0.1, 0.15) is 5.03 Å². The van der Waals surface area contributed by atoms with Crippen LogP contribution in [0.5, 0.6) is 0 Å². The summed E-state index contributed by atoms with van der Waals surface area (Å²) in [5.74, 6) is 1.78. The van der Waals surface area contributed by atoms with Crippen LogP contribution in [0.25, 0.3) is 0 Å². The molecule has 0 spiro atoms. The summed E-state index contributed by atoms with van der Waals surface area (Å²) in [5, 5.41) is 0.620. The van der Waals surface area contributed by atoms with Crippen LogP contribution in [0.4, 0.5) is 5.82 Å². The number of hydrogen-bond acceptors (Lipinski definition) is 5. The van der Waals surface area contributed by atoms with E-state index in [9.17, 15) is 4.79 Å². The van der Waals surface area contributed by atoms with Crippen LogP contribution in [-0.4, -0.2) is 39.6 Å². The molecule has 0 fully saturated rings. The van der Waals surface area contributed by atoms with Crippen molar-refractivity contribution in [2.45, 2.75) is 32.7 Å². The first-order chi connectivity index (χ1) is 9.40. The number of hydrogen-bond donors (Lipinski definition) is 1. The van der Waals surface area contributed by atoms with Gasteiger partial charge < -0.3 is 10.6 Å². The summed E-state index contributed by atoms with van der Waals surface area (Å²) in [4.78, 5) is 22.3. The van der Waals surface area contributed by atoms with Gasteiger partial charge in [-0.1, -0.05) is 39.5 Å². The topological polar surface area (TPSA) is 72.1 Å². The quantitative estimate of drug-likeness (QED) is 0.782. The van der Waals surface area contributed by atoms with Gasteiger partial charge in [0.05, 0.1) is 5.75 Å². The van der Waals surface area contributed by atoms with Gasteiger partial charge in [-0.25, -0.2) is 9.97 Å².